The van der Waals surface area contributed by atoms with E-state index in [1.807, 2.05) is 0 Å². The van der Waals surface area contributed by atoms with Gasteiger partial charge < -0.3 is 10.2 Å². The summed E-state index contributed by atoms with van der Waals surface area (Å²) in [5.41, 5.74) is 2.62. The van der Waals surface area contributed by atoms with Crippen molar-refractivity contribution in [3.8, 4) is 0 Å². The Hall–Kier alpha value is -0.380. The average Bonchev–Trinajstić information content (AvgIpc) is 2.37. The maximum Gasteiger partial charge on any atom is 0.0208 e. The van der Waals surface area contributed by atoms with E-state index in [9.17, 15) is 0 Å². The fraction of sp³-hybridized carbons (Fsp3) is 0.600. The third-order valence-corrected chi connectivity index (χ3v) is 4.17. The molecule has 0 bridgehead atoms. The van der Waals surface area contributed by atoms with Crippen molar-refractivity contribution in [3.63, 3.8) is 0 Å². The maximum atomic E-state index is 3.58. The van der Waals surface area contributed by atoms with Crippen LogP contribution in [0.4, 0.5) is 0 Å². The summed E-state index contributed by atoms with van der Waals surface area (Å²) < 4.78 is 1.19. The van der Waals surface area contributed by atoms with Crippen molar-refractivity contribution in [2.24, 2.45) is 0 Å². The van der Waals surface area contributed by atoms with Crippen molar-refractivity contribution in [2.75, 3.05) is 19.6 Å². The zero-order valence-corrected chi connectivity index (χ0v) is 13.5. The zero-order chi connectivity index (χ0) is 13.5. The van der Waals surface area contributed by atoms with Gasteiger partial charge in [0.2, 0.25) is 0 Å². The number of halogens is 1. The molecule has 0 amide bonds. The van der Waals surface area contributed by atoms with E-state index in [1.54, 1.807) is 0 Å². The second kappa shape index (κ2) is 7.93. The largest absolute Gasteiger partial charge is 0.309 e. The number of likely N-dealkylation sites (N-methyl/N-ethyl adjacent to an activating group) is 1. The van der Waals surface area contributed by atoms with Crippen molar-refractivity contribution in [1.29, 1.82) is 0 Å². The summed E-state index contributed by atoms with van der Waals surface area (Å²) in [6.45, 7) is 13.1. The van der Waals surface area contributed by atoms with Crippen LogP contribution in [0.3, 0.4) is 0 Å². The minimum Gasteiger partial charge on any atom is -0.309 e. The van der Waals surface area contributed by atoms with Crippen LogP contribution in [0.25, 0.3) is 0 Å². The standard InChI is InChI=1S/C15H25BrN2/c1-5-18(6-2)11-13(4)17-10-14-8-7-12(3)15(16)9-14/h7-9,13,17H,5-6,10-11H2,1-4H3. The topological polar surface area (TPSA) is 15.3 Å². The summed E-state index contributed by atoms with van der Waals surface area (Å²) in [7, 11) is 0. The molecule has 0 spiro atoms. The van der Waals surface area contributed by atoms with Gasteiger partial charge in [-0.1, -0.05) is 41.9 Å². The highest BCUT2D eigenvalue weighted by atomic mass is 79.9. The van der Waals surface area contributed by atoms with Gasteiger partial charge in [0.1, 0.15) is 0 Å². The normalized spacial score (nSPS) is 13.0. The number of hydrogen-bond acceptors (Lipinski definition) is 2. The number of rotatable bonds is 7. The molecule has 0 radical (unpaired) electrons. The molecule has 2 nitrogen and oxygen atoms in total. The Balaban J connectivity index is 2.42. The van der Waals surface area contributed by atoms with Gasteiger partial charge in [0.05, 0.1) is 0 Å². The van der Waals surface area contributed by atoms with Crippen molar-refractivity contribution >= 4 is 15.9 Å². The van der Waals surface area contributed by atoms with Crippen LogP contribution in [0.1, 0.15) is 31.9 Å². The van der Waals surface area contributed by atoms with Crippen LogP contribution >= 0.6 is 15.9 Å². The summed E-state index contributed by atoms with van der Waals surface area (Å²) in [6, 6.07) is 7.07. The van der Waals surface area contributed by atoms with Crippen molar-refractivity contribution in [1.82, 2.24) is 10.2 Å². The number of aryl methyl sites for hydroxylation is 1. The predicted octanol–water partition coefficient (Wildman–Crippen LogP) is 3.58. The smallest absolute Gasteiger partial charge is 0.0208 e. The van der Waals surface area contributed by atoms with E-state index < -0.39 is 0 Å². The Bertz CT molecular complexity index is 362. The third-order valence-electron chi connectivity index (χ3n) is 3.32. The summed E-state index contributed by atoms with van der Waals surface area (Å²) >= 11 is 3.58. The van der Waals surface area contributed by atoms with Crippen LogP contribution < -0.4 is 5.32 Å². The lowest BCUT2D eigenvalue weighted by atomic mass is 10.1. The lowest BCUT2D eigenvalue weighted by Gasteiger charge is -2.23. The van der Waals surface area contributed by atoms with E-state index in [4.69, 9.17) is 0 Å². The van der Waals surface area contributed by atoms with Crippen molar-refractivity contribution in [2.45, 2.75) is 40.3 Å². The van der Waals surface area contributed by atoms with Crippen LogP contribution in [0.15, 0.2) is 22.7 Å². The van der Waals surface area contributed by atoms with E-state index in [1.165, 1.54) is 15.6 Å². The molecule has 0 saturated heterocycles. The van der Waals surface area contributed by atoms with Gasteiger partial charge in [-0.05, 0) is 44.1 Å². The van der Waals surface area contributed by atoms with E-state index >= 15 is 0 Å². The van der Waals surface area contributed by atoms with Crippen LogP contribution in [-0.4, -0.2) is 30.6 Å². The molecule has 0 fully saturated rings. The van der Waals surface area contributed by atoms with Gasteiger partial charge in [0.15, 0.2) is 0 Å². The Labute approximate surface area is 120 Å². The first-order valence-electron chi connectivity index (χ1n) is 6.77. The van der Waals surface area contributed by atoms with Crippen molar-refractivity contribution in [3.05, 3.63) is 33.8 Å². The van der Waals surface area contributed by atoms with E-state index in [2.05, 4.69) is 72.0 Å². The molecule has 1 N–H and O–H groups in total. The molecule has 0 aliphatic carbocycles. The maximum absolute atomic E-state index is 3.58. The Morgan fingerprint density at radius 2 is 1.94 bits per heavy atom. The first kappa shape index (κ1) is 15.7. The molecule has 18 heavy (non-hydrogen) atoms. The number of nitrogens with one attached hydrogen (secondary N) is 1. The van der Waals surface area contributed by atoms with Crippen LogP contribution in [-0.2, 0) is 6.54 Å². The molecule has 1 aromatic carbocycles. The van der Waals surface area contributed by atoms with Gasteiger partial charge >= 0.3 is 0 Å². The third kappa shape index (κ3) is 5.09. The van der Waals surface area contributed by atoms with Gasteiger partial charge in [-0.2, -0.15) is 0 Å². The molecule has 1 unspecified atom stereocenters. The SMILES string of the molecule is CCN(CC)CC(C)NCc1ccc(C)c(Br)c1. The van der Waals surface area contributed by atoms with Gasteiger partial charge in [0.25, 0.3) is 0 Å². The van der Waals surface area contributed by atoms with E-state index in [-0.39, 0.29) is 0 Å². The molecule has 1 aromatic rings. The van der Waals surface area contributed by atoms with Crippen molar-refractivity contribution < 1.29 is 0 Å². The van der Waals surface area contributed by atoms with Gasteiger partial charge in [-0.25, -0.2) is 0 Å². The Kier molecular flexibility index (Phi) is 6.90. The van der Waals surface area contributed by atoms with Gasteiger partial charge in [-0.3, -0.25) is 0 Å². The van der Waals surface area contributed by atoms with Gasteiger partial charge in [-0.15, -0.1) is 0 Å². The molecule has 0 aromatic heterocycles. The van der Waals surface area contributed by atoms with Crippen LogP contribution in [0.5, 0.6) is 0 Å². The quantitative estimate of drug-likeness (QED) is 0.828. The fourth-order valence-electron chi connectivity index (χ4n) is 1.97. The molecule has 0 aliphatic rings. The van der Waals surface area contributed by atoms with Crippen LogP contribution in [0, 0.1) is 6.92 Å². The summed E-state index contributed by atoms with van der Waals surface area (Å²) in [5.74, 6) is 0. The van der Waals surface area contributed by atoms with Gasteiger partial charge in [0, 0.05) is 23.6 Å². The predicted molar refractivity (Wildman–Crippen MR) is 83.0 cm³/mol. The number of benzene rings is 1. The number of hydrogen-bond donors (Lipinski definition) is 1. The van der Waals surface area contributed by atoms with E-state index in [0.29, 0.717) is 6.04 Å². The molecule has 0 saturated carbocycles. The molecular weight excluding hydrogens is 288 g/mol. The van der Waals surface area contributed by atoms with E-state index in [0.717, 1.165) is 26.2 Å². The molecule has 0 aliphatic heterocycles. The molecule has 1 atom stereocenters. The summed E-state index contributed by atoms with van der Waals surface area (Å²) in [4.78, 5) is 2.45. The highest BCUT2D eigenvalue weighted by Gasteiger charge is 2.06. The molecule has 0 heterocycles. The minimum atomic E-state index is 0.518. The molecular formula is C15H25BrN2. The summed E-state index contributed by atoms with van der Waals surface area (Å²) in [6.07, 6.45) is 0. The summed E-state index contributed by atoms with van der Waals surface area (Å²) in [5, 5.41) is 3.58. The average molecular weight is 313 g/mol. The van der Waals surface area contributed by atoms with Crippen LogP contribution in [0.2, 0.25) is 0 Å². The second-order valence-electron chi connectivity index (χ2n) is 4.85. The molecule has 102 valence electrons. The zero-order valence-electron chi connectivity index (χ0n) is 12.0. The molecule has 1 rings (SSSR count). The lowest BCUT2D eigenvalue weighted by molar-refractivity contribution is 0.270. The highest BCUT2D eigenvalue weighted by molar-refractivity contribution is 9.10. The first-order chi connectivity index (χ1) is 8.56. The minimum absolute atomic E-state index is 0.518. The Morgan fingerprint density at radius 3 is 2.50 bits per heavy atom. The Morgan fingerprint density at radius 1 is 1.28 bits per heavy atom. The lowest BCUT2D eigenvalue weighted by Crippen LogP contribution is -2.38. The number of nitrogens with zero attached hydrogens (tertiary/aromatic N) is 1. The second-order valence-corrected chi connectivity index (χ2v) is 5.71. The highest BCUT2D eigenvalue weighted by Crippen LogP contribution is 2.17. The molecule has 3 heteroatoms. The fourth-order valence-corrected chi connectivity index (χ4v) is 2.40. The first-order valence-corrected chi connectivity index (χ1v) is 7.56. The monoisotopic (exact) mass is 312 g/mol.